The molecule has 1 atom stereocenters. The fourth-order valence-corrected chi connectivity index (χ4v) is 4.46. The van der Waals surface area contributed by atoms with Crippen LogP contribution in [0.25, 0.3) is 0 Å². The van der Waals surface area contributed by atoms with E-state index in [1.807, 2.05) is 20.8 Å². The Morgan fingerprint density at radius 3 is 2.27 bits per heavy atom. The Kier molecular flexibility index (Phi) is 9.46. The predicted octanol–water partition coefficient (Wildman–Crippen LogP) is 3.46. The zero-order chi connectivity index (χ0) is 24.8. The zero-order valence-electron chi connectivity index (χ0n) is 19.7. The van der Waals surface area contributed by atoms with Gasteiger partial charge in [0.05, 0.1) is 11.4 Å². The number of carbonyl (C=O) groups excluding carboxylic acids is 2. The summed E-state index contributed by atoms with van der Waals surface area (Å²) < 4.78 is 26.9. The molecule has 0 radical (unpaired) electrons. The molecule has 0 aliphatic rings. The van der Waals surface area contributed by atoms with Crippen molar-refractivity contribution in [2.24, 2.45) is 5.92 Å². The average Bonchev–Trinajstić information content (AvgIpc) is 2.75. The minimum absolute atomic E-state index is 0.104. The summed E-state index contributed by atoms with van der Waals surface area (Å²) in [4.78, 5) is 27.5. The zero-order valence-corrected chi connectivity index (χ0v) is 21.3. The first kappa shape index (κ1) is 26.8. The summed E-state index contributed by atoms with van der Waals surface area (Å²) in [6.45, 7) is 7.64. The Morgan fingerprint density at radius 1 is 1.06 bits per heavy atom. The monoisotopic (exact) mass is 493 g/mol. The van der Waals surface area contributed by atoms with E-state index < -0.39 is 28.5 Å². The van der Waals surface area contributed by atoms with Crippen LogP contribution in [0.5, 0.6) is 0 Å². The topological polar surface area (TPSA) is 86.8 Å². The molecule has 0 bridgehead atoms. The Morgan fingerprint density at radius 2 is 1.70 bits per heavy atom. The highest BCUT2D eigenvalue weighted by atomic mass is 35.5. The maximum atomic E-state index is 13.3. The number of halogens is 1. The SMILES string of the molecule is Cc1ccc(S(=O)(=O)N(C)CC(=O)N(Cc2cccc(Cl)c2)[C@@H](C)C(=O)NCC(C)C)cc1. The summed E-state index contributed by atoms with van der Waals surface area (Å²) >= 11 is 6.09. The van der Waals surface area contributed by atoms with Gasteiger partial charge in [-0.25, -0.2) is 8.42 Å². The van der Waals surface area contributed by atoms with E-state index in [0.29, 0.717) is 11.6 Å². The number of carbonyl (C=O) groups is 2. The summed E-state index contributed by atoms with van der Waals surface area (Å²) in [5, 5.41) is 3.35. The molecule has 0 aliphatic carbocycles. The second kappa shape index (κ2) is 11.6. The summed E-state index contributed by atoms with van der Waals surface area (Å²) in [6, 6.07) is 12.6. The number of hydrogen-bond donors (Lipinski definition) is 1. The fourth-order valence-electron chi connectivity index (χ4n) is 3.12. The van der Waals surface area contributed by atoms with Crippen molar-refractivity contribution in [3.63, 3.8) is 0 Å². The molecule has 1 N–H and O–H groups in total. The van der Waals surface area contributed by atoms with Crippen LogP contribution in [0.4, 0.5) is 0 Å². The van der Waals surface area contributed by atoms with Crippen LogP contribution in [-0.2, 0) is 26.2 Å². The molecule has 2 amide bonds. The molecule has 2 aromatic carbocycles. The number of benzene rings is 2. The van der Waals surface area contributed by atoms with Gasteiger partial charge in [-0.2, -0.15) is 4.31 Å². The highest BCUT2D eigenvalue weighted by Crippen LogP contribution is 2.18. The second-order valence-electron chi connectivity index (χ2n) is 8.54. The third-order valence-electron chi connectivity index (χ3n) is 5.18. The lowest BCUT2D eigenvalue weighted by Crippen LogP contribution is -2.51. The minimum Gasteiger partial charge on any atom is -0.354 e. The van der Waals surface area contributed by atoms with Crippen molar-refractivity contribution in [2.45, 2.75) is 45.2 Å². The Labute approximate surface area is 201 Å². The molecule has 9 heteroatoms. The molecule has 2 aromatic rings. The van der Waals surface area contributed by atoms with E-state index in [9.17, 15) is 18.0 Å². The number of aryl methyl sites for hydroxylation is 1. The number of nitrogens with zero attached hydrogens (tertiary/aromatic N) is 2. The third kappa shape index (κ3) is 7.55. The van der Waals surface area contributed by atoms with Gasteiger partial charge in [-0.1, -0.05) is 55.3 Å². The van der Waals surface area contributed by atoms with Crippen molar-refractivity contribution in [1.82, 2.24) is 14.5 Å². The highest BCUT2D eigenvalue weighted by Gasteiger charge is 2.30. The maximum absolute atomic E-state index is 13.3. The van der Waals surface area contributed by atoms with Crippen molar-refractivity contribution in [3.8, 4) is 0 Å². The van der Waals surface area contributed by atoms with Gasteiger partial charge in [0.2, 0.25) is 21.8 Å². The minimum atomic E-state index is -3.87. The van der Waals surface area contributed by atoms with E-state index >= 15 is 0 Å². The molecular weight excluding hydrogens is 462 g/mol. The lowest BCUT2D eigenvalue weighted by Gasteiger charge is -2.30. The molecule has 0 fully saturated rings. The Balaban J connectivity index is 2.25. The van der Waals surface area contributed by atoms with Gasteiger partial charge < -0.3 is 10.2 Å². The van der Waals surface area contributed by atoms with E-state index in [4.69, 9.17) is 11.6 Å². The standard InChI is InChI=1S/C24H32ClN3O4S/c1-17(2)14-26-24(30)19(4)28(15-20-7-6-8-21(25)13-20)23(29)16-27(5)33(31,32)22-11-9-18(3)10-12-22/h6-13,17,19H,14-16H2,1-5H3,(H,26,30)/t19-/m0/s1. The quantitative estimate of drug-likeness (QED) is 0.549. The number of rotatable bonds is 10. The second-order valence-corrected chi connectivity index (χ2v) is 11.0. The van der Waals surface area contributed by atoms with E-state index in [0.717, 1.165) is 15.4 Å². The first-order valence-corrected chi connectivity index (χ1v) is 12.6. The van der Waals surface area contributed by atoms with Crippen LogP contribution in [0.15, 0.2) is 53.4 Å². The van der Waals surface area contributed by atoms with Crippen molar-refractivity contribution in [2.75, 3.05) is 20.1 Å². The van der Waals surface area contributed by atoms with Crippen LogP contribution >= 0.6 is 11.6 Å². The highest BCUT2D eigenvalue weighted by molar-refractivity contribution is 7.89. The fraction of sp³-hybridized carbons (Fsp3) is 0.417. The van der Waals surface area contributed by atoms with E-state index in [2.05, 4.69) is 5.32 Å². The van der Waals surface area contributed by atoms with E-state index in [1.165, 1.54) is 24.1 Å². The third-order valence-corrected chi connectivity index (χ3v) is 7.23. The first-order chi connectivity index (χ1) is 15.4. The Hall–Kier alpha value is -2.42. The van der Waals surface area contributed by atoms with E-state index in [-0.39, 0.29) is 23.3 Å². The van der Waals surface area contributed by atoms with Gasteiger partial charge in [0.25, 0.3) is 0 Å². The molecular formula is C24H32ClN3O4S. The lowest BCUT2D eigenvalue weighted by atomic mass is 10.1. The molecule has 0 saturated carbocycles. The van der Waals surface area contributed by atoms with Crippen LogP contribution in [0.1, 0.15) is 31.9 Å². The van der Waals surface area contributed by atoms with Gasteiger partial charge in [0.15, 0.2) is 0 Å². The van der Waals surface area contributed by atoms with Gasteiger partial charge >= 0.3 is 0 Å². The summed E-state index contributed by atoms with van der Waals surface area (Å²) in [5.41, 5.74) is 1.67. The number of sulfonamides is 1. The van der Waals surface area contributed by atoms with Gasteiger partial charge in [-0.15, -0.1) is 0 Å². The largest absolute Gasteiger partial charge is 0.354 e. The van der Waals surface area contributed by atoms with E-state index in [1.54, 1.807) is 43.3 Å². The van der Waals surface area contributed by atoms with Crippen molar-refractivity contribution in [1.29, 1.82) is 0 Å². The van der Waals surface area contributed by atoms with Crippen LogP contribution in [0.3, 0.4) is 0 Å². The van der Waals surface area contributed by atoms with Gasteiger partial charge in [-0.05, 0) is 49.6 Å². The molecule has 7 nitrogen and oxygen atoms in total. The maximum Gasteiger partial charge on any atom is 0.243 e. The smallest absolute Gasteiger partial charge is 0.243 e. The summed E-state index contributed by atoms with van der Waals surface area (Å²) in [7, 11) is -2.51. The number of likely N-dealkylation sites (N-methyl/N-ethyl adjacent to an activating group) is 1. The van der Waals surface area contributed by atoms with Crippen LogP contribution in [0, 0.1) is 12.8 Å². The number of nitrogens with one attached hydrogen (secondary N) is 1. The van der Waals surface area contributed by atoms with Gasteiger partial charge in [0.1, 0.15) is 6.04 Å². The normalized spacial score (nSPS) is 12.6. The summed E-state index contributed by atoms with van der Waals surface area (Å²) in [6.07, 6.45) is 0. The lowest BCUT2D eigenvalue weighted by molar-refractivity contribution is -0.140. The number of hydrogen-bond acceptors (Lipinski definition) is 4. The first-order valence-electron chi connectivity index (χ1n) is 10.8. The predicted molar refractivity (Wildman–Crippen MR) is 130 cm³/mol. The molecule has 180 valence electrons. The van der Waals surface area contributed by atoms with Gasteiger partial charge in [0, 0.05) is 25.2 Å². The van der Waals surface area contributed by atoms with Crippen LogP contribution in [-0.4, -0.2) is 55.6 Å². The molecule has 0 aliphatic heterocycles. The van der Waals surface area contributed by atoms with Crippen molar-refractivity contribution < 1.29 is 18.0 Å². The number of amides is 2. The molecule has 0 unspecified atom stereocenters. The molecule has 0 heterocycles. The Bertz CT molecular complexity index is 1070. The van der Waals surface area contributed by atoms with Gasteiger partial charge in [-0.3, -0.25) is 9.59 Å². The van der Waals surface area contributed by atoms with Crippen LogP contribution in [0.2, 0.25) is 5.02 Å². The van der Waals surface area contributed by atoms with Crippen molar-refractivity contribution >= 4 is 33.4 Å². The average molecular weight is 494 g/mol. The molecule has 2 rings (SSSR count). The molecule has 0 saturated heterocycles. The summed E-state index contributed by atoms with van der Waals surface area (Å²) in [5.74, 6) is -0.535. The molecule has 0 aromatic heterocycles. The molecule has 33 heavy (non-hydrogen) atoms. The molecule has 0 spiro atoms. The van der Waals surface area contributed by atoms with Crippen molar-refractivity contribution in [3.05, 3.63) is 64.7 Å². The van der Waals surface area contributed by atoms with Crippen LogP contribution < -0.4 is 5.32 Å².